The van der Waals surface area contributed by atoms with Gasteiger partial charge in [0.2, 0.25) is 0 Å². The second-order valence-electron chi connectivity index (χ2n) is 6.48. The lowest BCUT2D eigenvalue weighted by atomic mass is 10.2. The minimum atomic E-state index is -4.12. The highest BCUT2D eigenvalue weighted by Crippen LogP contribution is 2.26. The molecule has 10 heteroatoms. The van der Waals surface area contributed by atoms with Gasteiger partial charge in [0.25, 0.3) is 15.9 Å². The van der Waals surface area contributed by atoms with Crippen LogP contribution in [-0.4, -0.2) is 20.9 Å². The number of nitrogens with one attached hydrogen (secondary N) is 2. The minimum Gasteiger partial charge on any atom is -0.482 e. The molecular formula is C21H17ClF2N2O4S. The predicted octanol–water partition coefficient (Wildman–Crippen LogP) is 4.74. The summed E-state index contributed by atoms with van der Waals surface area (Å²) in [6, 6.07) is 13.1. The van der Waals surface area contributed by atoms with E-state index in [1.807, 2.05) is 0 Å². The molecule has 0 heterocycles. The van der Waals surface area contributed by atoms with Gasteiger partial charge >= 0.3 is 0 Å². The zero-order valence-electron chi connectivity index (χ0n) is 16.2. The number of benzene rings is 3. The molecule has 1 amide bonds. The zero-order chi connectivity index (χ0) is 22.6. The van der Waals surface area contributed by atoms with Crippen LogP contribution in [0.4, 0.5) is 20.2 Å². The van der Waals surface area contributed by atoms with E-state index in [1.54, 1.807) is 6.92 Å². The second kappa shape index (κ2) is 9.32. The maximum atomic E-state index is 13.8. The lowest BCUT2D eigenvalue weighted by Gasteiger charge is -2.13. The third-order valence-corrected chi connectivity index (χ3v) is 5.94. The first-order valence-corrected chi connectivity index (χ1v) is 10.8. The Morgan fingerprint density at radius 2 is 1.81 bits per heavy atom. The predicted molar refractivity (Wildman–Crippen MR) is 114 cm³/mol. The molecular weight excluding hydrogens is 450 g/mol. The molecule has 2 N–H and O–H groups in total. The quantitative estimate of drug-likeness (QED) is 0.526. The number of halogens is 3. The number of anilines is 2. The number of para-hydroxylation sites is 1. The van der Waals surface area contributed by atoms with Gasteiger partial charge in [-0.3, -0.25) is 9.52 Å². The van der Waals surface area contributed by atoms with Crippen molar-refractivity contribution in [2.75, 3.05) is 16.6 Å². The monoisotopic (exact) mass is 466 g/mol. The fourth-order valence-corrected chi connectivity index (χ4v) is 4.20. The van der Waals surface area contributed by atoms with Crippen molar-refractivity contribution in [3.05, 3.63) is 82.9 Å². The molecule has 6 nitrogen and oxygen atoms in total. The van der Waals surface area contributed by atoms with Crippen molar-refractivity contribution in [3.8, 4) is 5.75 Å². The number of carbonyl (C=O) groups excluding carboxylic acids is 1. The van der Waals surface area contributed by atoms with Crippen LogP contribution in [-0.2, 0) is 14.8 Å². The highest BCUT2D eigenvalue weighted by molar-refractivity contribution is 7.92. The first-order chi connectivity index (χ1) is 14.7. The average Bonchev–Trinajstić information content (AvgIpc) is 2.70. The summed E-state index contributed by atoms with van der Waals surface area (Å²) in [5.74, 6) is -1.72. The standard InChI is InChI=1S/C21H17ClF2N2O4S/c1-13-6-8-15(25-21(27)12-30-19-9-7-14(23)10-16(19)22)11-20(13)31(28,29)26-18-5-3-2-4-17(18)24/h2-11,26H,12H2,1H3,(H,25,27). The molecule has 0 fully saturated rings. The van der Waals surface area contributed by atoms with Crippen LogP contribution in [0.2, 0.25) is 5.02 Å². The first kappa shape index (κ1) is 22.5. The normalized spacial score (nSPS) is 11.1. The van der Waals surface area contributed by atoms with Crippen LogP contribution < -0.4 is 14.8 Å². The van der Waals surface area contributed by atoms with Crippen LogP contribution >= 0.6 is 11.6 Å². The Labute approximate surface area is 182 Å². The summed E-state index contributed by atoms with van der Waals surface area (Å²) in [6.45, 7) is 1.13. The summed E-state index contributed by atoms with van der Waals surface area (Å²) in [4.78, 5) is 12.0. The van der Waals surface area contributed by atoms with Gasteiger partial charge in [-0.1, -0.05) is 29.8 Å². The Morgan fingerprint density at radius 1 is 1.06 bits per heavy atom. The van der Waals surface area contributed by atoms with Gasteiger partial charge in [-0.15, -0.1) is 0 Å². The van der Waals surface area contributed by atoms with Crippen LogP contribution in [0.3, 0.4) is 0 Å². The van der Waals surface area contributed by atoms with Crippen LogP contribution in [0, 0.1) is 18.6 Å². The van der Waals surface area contributed by atoms with E-state index in [-0.39, 0.29) is 27.0 Å². The molecule has 0 unspecified atom stereocenters. The SMILES string of the molecule is Cc1ccc(NC(=O)COc2ccc(F)cc2Cl)cc1S(=O)(=O)Nc1ccccc1F. The summed E-state index contributed by atoms with van der Waals surface area (Å²) in [6.07, 6.45) is 0. The summed E-state index contributed by atoms with van der Waals surface area (Å²) in [5, 5.41) is 2.52. The molecule has 0 aromatic heterocycles. The topological polar surface area (TPSA) is 84.5 Å². The molecule has 3 aromatic rings. The van der Waals surface area contributed by atoms with Gasteiger partial charge < -0.3 is 10.1 Å². The van der Waals surface area contributed by atoms with Crippen molar-refractivity contribution in [2.24, 2.45) is 0 Å². The van der Waals surface area contributed by atoms with Crippen LogP contribution in [0.5, 0.6) is 5.75 Å². The summed E-state index contributed by atoms with van der Waals surface area (Å²) in [7, 11) is -4.12. The molecule has 31 heavy (non-hydrogen) atoms. The fourth-order valence-electron chi connectivity index (χ4n) is 2.64. The average molecular weight is 467 g/mol. The smallest absolute Gasteiger partial charge is 0.262 e. The van der Waals surface area contributed by atoms with Gasteiger partial charge in [-0.25, -0.2) is 17.2 Å². The number of amides is 1. The molecule has 0 saturated carbocycles. The Balaban J connectivity index is 1.73. The van der Waals surface area contributed by atoms with Gasteiger partial charge in [-0.05, 0) is 55.0 Å². The molecule has 0 saturated heterocycles. The Hall–Kier alpha value is -3.17. The van der Waals surface area contributed by atoms with Gasteiger partial charge in [0.15, 0.2) is 6.61 Å². The van der Waals surface area contributed by atoms with Crippen molar-refractivity contribution < 1.29 is 26.7 Å². The zero-order valence-corrected chi connectivity index (χ0v) is 17.7. The lowest BCUT2D eigenvalue weighted by Crippen LogP contribution is -2.21. The Kier molecular flexibility index (Phi) is 6.77. The van der Waals surface area contributed by atoms with Crippen molar-refractivity contribution in [3.63, 3.8) is 0 Å². The molecule has 0 aliphatic rings. The first-order valence-electron chi connectivity index (χ1n) is 8.91. The van der Waals surface area contributed by atoms with E-state index in [2.05, 4.69) is 10.0 Å². The molecule has 3 aromatic carbocycles. The third kappa shape index (κ3) is 5.71. The minimum absolute atomic E-state index is 0.00994. The van der Waals surface area contributed by atoms with Gasteiger partial charge in [0, 0.05) is 5.69 Å². The molecule has 0 aliphatic heterocycles. The van der Waals surface area contributed by atoms with Crippen LogP contribution in [0.1, 0.15) is 5.56 Å². The van der Waals surface area contributed by atoms with Crippen LogP contribution in [0.15, 0.2) is 65.6 Å². The molecule has 0 radical (unpaired) electrons. The summed E-state index contributed by atoms with van der Waals surface area (Å²) in [5.41, 5.74) is 0.399. The van der Waals surface area contributed by atoms with Gasteiger partial charge in [0.05, 0.1) is 15.6 Å². The maximum absolute atomic E-state index is 13.8. The van der Waals surface area contributed by atoms with Crippen molar-refractivity contribution in [1.82, 2.24) is 0 Å². The number of hydrogen-bond acceptors (Lipinski definition) is 4. The van der Waals surface area contributed by atoms with E-state index < -0.39 is 34.2 Å². The largest absolute Gasteiger partial charge is 0.482 e. The Bertz CT molecular complexity index is 1240. The number of carbonyl (C=O) groups is 1. The van der Waals surface area contributed by atoms with E-state index in [9.17, 15) is 22.0 Å². The van der Waals surface area contributed by atoms with E-state index in [1.165, 1.54) is 42.5 Å². The molecule has 0 atom stereocenters. The summed E-state index contributed by atoms with van der Waals surface area (Å²) < 4.78 is 59.8. The van der Waals surface area contributed by atoms with Crippen LogP contribution in [0.25, 0.3) is 0 Å². The number of rotatable bonds is 7. The number of ether oxygens (including phenoxy) is 1. The van der Waals surface area contributed by atoms with E-state index in [0.29, 0.717) is 5.56 Å². The van der Waals surface area contributed by atoms with Crippen molar-refractivity contribution >= 4 is 38.9 Å². The molecule has 0 spiro atoms. The number of aryl methyl sites for hydroxylation is 1. The molecule has 162 valence electrons. The number of hydrogen-bond donors (Lipinski definition) is 2. The molecule has 3 rings (SSSR count). The molecule has 0 aliphatic carbocycles. The number of sulfonamides is 1. The summed E-state index contributed by atoms with van der Waals surface area (Å²) >= 11 is 5.84. The van der Waals surface area contributed by atoms with Gasteiger partial charge in [0.1, 0.15) is 17.4 Å². The van der Waals surface area contributed by atoms with E-state index >= 15 is 0 Å². The maximum Gasteiger partial charge on any atom is 0.262 e. The van der Waals surface area contributed by atoms with E-state index in [0.717, 1.165) is 18.2 Å². The fraction of sp³-hybridized carbons (Fsp3) is 0.0952. The Morgan fingerprint density at radius 3 is 2.52 bits per heavy atom. The van der Waals surface area contributed by atoms with E-state index in [4.69, 9.17) is 16.3 Å². The highest BCUT2D eigenvalue weighted by Gasteiger charge is 2.20. The van der Waals surface area contributed by atoms with Gasteiger partial charge in [-0.2, -0.15) is 0 Å². The van der Waals surface area contributed by atoms with Crippen molar-refractivity contribution in [1.29, 1.82) is 0 Å². The second-order valence-corrected chi connectivity index (χ2v) is 8.54. The molecule has 0 bridgehead atoms. The van der Waals surface area contributed by atoms with Crippen molar-refractivity contribution in [2.45, 2.75) is 11.8 Å². The highest BCUT2D eigenvalue weighted by atomic mass is 35.5. The third-order valence-electron chi connectivity index (χ3n) is 4.13. The lowest BCUT2D eigenvalue weighted by molar-refractivity contribution is -0.118.